The van der Waals surface area contributed by atoms with E-state index in [1.807, 2.05) is 6.92 Å². The van der Waals surface area contributed by atoms with E-state index in [2.05, 4.69) is 54.6 Å². The van der Waals surface area contributed by atoms with Gasteiger partial charge in [0.15, 0.2) is 0 Å². The predicted molar refractivity (Wildman–Crippen MR) is 107 cm³/mol. The van der Waals surface area contributed by atoms with Gasteiger partial charge in [-0.15, -0.1) is 0 Å². The molecule has 0 unspecified atom stereocenters. The average Bonchev–Trinajstić information content (AvgIpc) is 2.96. The molecule has 5 heteroatoms. The van der Waals surface area contributed by atoms with E-state index in [1.165, 1.54) is 5.56 Å². The average molecular weight is 372 g/mol. The number of hydrogen-bond acceptors (Lipinski definition) is 3. The lowest BCUT2D eigenvalue weighted by Crippen LogP contribution is -2.47. The van der Waals surface area contributed by atoms with Crippen molar-refractivity contribution in [1.29, 1.82) is 0 Å². The zero-order valence-corrected chi connectivity index (χ0v) is 17.0. The Kier molecular flexibility index (Phi) is 5.89. The first kappa shape index (κ1) is 19.9. The van der Waals surface area contributed by atoms with Gasteiger partial charge >= 0.3 is 0 Å². The smallest absolute Gasteiger partial charge is 0.239 e. The summed E-state index contributed by atoms with van der Waals surface area (Å²) < 4.78 is 0. The number of likely N-dealkylation sites (tertiary alicyclic amines) is 1. The standard InChI is InChI=1S/C22H33N3O2/c1-4-14-23-19(26)16-25-17-21(15-20(25)27)10-12-22(13-11-21,24(2)3)18-8-6-5-7-9-18/h5-9H,4,10-17H2,1-3H3,(H,23,26)/t21-,22-. The van der Waals surface area contributed by atoms with Crippen LogP contribution in [0.3, 0.4) is 0 Å². The van der Waals surface area contributed by atoms with Gasteiger partial charge < -0.3 is 10.2 Å². The van der Waals surface area contributed by atoms with Gasteiger partial charge in [0.1, 0.15) is 0 Å². The van der Waals surface area contributed by atoms with Crippen LogP contribution in [0.4, 0.5) is 0 Å². The highest BCUT2D eigenvalue weighted by atomic mass is 16.2. The van der Waals surface area contributed by atoms with Gasteiger partial charge in [0, 0.05) is 25.0 Å². The lowest BCUT2D eigenvalue weighted by Gasteiger charge is -2.48. The Morgan fingerprint density at radius 2 is 1.81 bits per heavy atom. The molecule has 5 nitrogen and oxygen atoms in total. The Bertz CT molecular complexity index is 663. The van der Waals surface area contributed by atoms with E-state index in [-0.39, 0.29) is 29.3 Å². The largest absolute Gasteiger partial charge is 0.355 e. The monoisotopic (exact) mass is 371 g/mol. The van der Waals surface area contributed by atoms with Crippen molar-refractivity contribution in [3.8, 4) is 0 Å². The summed E-state index contributed by atoms with van der Waals surface area (Å²) in [6.45, 7) is 3.64. The third-order valence-electron chi connectivity index (χ3n) is 6.62. The van der Waals surface area contributed by atoms with Crippen LogP contribution in [0.15, 0.2) is 30.3 Å². The zero-order chi connectivity index (χ0) is 19.5. The molecule has 148 valence electrons. The summed E-state index contributed by atoms with van der Waals surface area (Å²) in [7, 11) is 4.32. The van der Waals surface area contributed by atoms with E-state index < -0.39 is 0 Å². The Labute approximate surface area is 163 Å². The molecule has 0 radical (unpaired) electrons. The van der Waals surface area contributed by atoms with Gasteiger partial charge in [0.25, 0.3) is 0 Å². The minimum absolute atomic E-state index is 0.0371. The van der Waals surface area contributed by atoms with Crippen LogP contribution in [-0.4, -0.2) is 55.3 Å². The second kappa shape index (κ2) is 8.01. The number of benzene rings is 1. The van der Waals surface area contributed by atoms with Crippen molar-refractivity contribution in [2.45, 2.75) is 51.0 Å². The van der Waals surface area contributed by atoms with Gasteiger partial charge in [-0.3, -0.25) is 14.5 Å². The Morgan fingerprint density at radius 1 is 1.15 bits per heavy atom. The van der Waals surface area contributed by atoms with Crippen LogP contribution < -0.4 is 5.32 Å². The summed E-state index contributed by atoms with van der Waals surface area (Å²) in [4.78, 5) is 28.7. The van der Waals surface area contributed by atoms with E-state index >= 15 is 0 Å². The quantitative estimate of drug-likeness (QED) is 0.837. The van der Waals surface area contributed by atoms with E-state index in [0.717, 1.165) is 38.6 Å². The molecule has 1 aliphatic carbocycles. The van der Waals surface area contributed by atoms with Crippen molar-refractivity contribution in [3.63, 3.8) is 0 Å². The lowest BCUT2D eigenvalue weighted by molar-refractivity contribution is -0.133. The lowest BCUT2D eigenvalue weighted by atomic mass is 9.64. The second-order valence-corrected chi connectivity index (χ2v) is 8.57. The third-order valence-corrected chi connectivity index (χ3v) is 6.62. The normalized spacial score (nSPS) is 28.1. The first-order valence-corrected chi connectivity index (χ1v) is 10.2. The maximum absolute atomic E-state index is 12.6. The van der Waals surface area contributed by atoms with Crippen LogP contribution in [0.1, 0.15) is 51.0 Å². The fourth-order valence-corrected chi connectivity index (χ4v) is 4.89. The summed E-state index contributed by atoms with van der Waals surface area (Å²) in [5, 5.41) is 2.88. The Morgan fingerprint density at radius 3 is 2.41 bits per heavy atom. The van der Waals surface area contributed by atoms with Gasteiger partial charge in [-0.25, -0.2) is 0 Å². The molecular formula is C22H33N3O2. The molecule has 1 aromatic rings. The minimum atomic E-state index is -0.0371. The molecule has 1 aromatic carbocycles. The molecule has 1 aliphatic heterocycles. The number of amides is 2. The highest BCUT2D eigenvalue weighted by Gasteiger charge is 2.50. The summed E-state index contributed by atoms with van der Waals surface area (Å²) in [5.41, 5.74) is 1.45. The van der Waals surface area contributed by atoms with Gasteiger partial charge in [0.2, 0.25) is 11.8 Å². The molecule has 2 aliphatic rings. The molecule has 27 heavy (non-hydrogen) atoms. The number of hydrogen-bond donors (Lipinski definition) is 1. The maximum atomic E-state index is 12.6. The van der Waals surface area contributed by atoms with Crippen molar-refractivity contribution >= 4 is 11.8 Å². The second-order valence-electron chi connectivity index (χ2n) is 8.57. The van der Waals surface area contributed by atoms with E-state index in [1.54, 1.807) is 4.90 Å². The molecule has 1 N–H and O–H groups in total. The van der Waals surface area contributed by atoms with Crippen LogP contribution in [0, 0.1) is 5.41 Å². The zero-order valence-electron chi connectivity index (χ0n) is 17.0. The van der Waals surface area contributed by atoms with E-state index in [0.29, 0.717) is 13.0 Å². The van der Waals surface area contributed by atoms with Gasteiger partial charge in [0.05, 0.1) is 6.54 Å². The number of carbonyl (C=O) groups is 2. The summed E-state index contributed by atoms with van der Waals surface area (Å²) in [6.07, 6.45) is 5.65. The molecule has 0 aromatic heterocycles. The molecule has 3 rings (SSSR count). The number of nitrogens with zero attached hydrogens (tertiary/aromatic N) is 2. The van der Waals surface area contributed by atoms with E-state index in [4.69, 9.17) is 0 Å². The van der Waals surface area contributed by atoms with Gasteiger partial charge in [-0.1, -0.05) is 37.3 Å². The third kappa shape index (κ3) is 4.03. The Balaban J connectivity index is 1.67. The molecule has 1 saturated carbocycles. The highest BCUT2D eigenvalue weighted by molar-refractivity contribution is 5.86. The maximum Gasteiger partial charge on any atom is 0.239 e. The summed E-state index contributed by atoms with van der Waals surface area (Å²) in [5.74, 6) is 0.101. The van der Waals surface area contributed by atoms with Crippen LogP contribution in [0.5, 0.6) is 0 Å². The van der Waals surface area contributed by atoms with Crippen LogP contribution >= 0.6 is 0 Å². The van der Waals surface area contributed by atoms with Gasteiger partial charge in [-0.05, 0) is 57.2 Å². The highest BCUT2D eigenvalue weighted by Crippen LogP contribution is 2.51. The van der Waals surface area contributed by atoms with E-state index in [9.17, 15) is 9.59 Å². The molecule has 0 atom stereocenters. The molecule has 1 spiro atoms. The van der Waals surface area contributed by atoms with Crippen molar-refractivity contribution < 1.29 is 9.59 Å². The SMILES string of the molecule is CCCNC(=O)CN1C[C@]2(CC[C@](c3ccccc3)(N(C)C)CC2)CC1=O. The van der Waals surface area contributed by atoms with Crippen molar-refractivity contribution in [2.24, 2.45) is 5.41 Å². The topological polar surface area (TPSA) is 52.7 Å². The predicted octanol–water partition coefficient (Wildman–Crippen LogP) is 2.76. The molecule has 2 fully saturated rings. The Hall–Kier alpha value is -1.88. The summed E-state index contributed by atoms with van der Waals surface area (Å²) >= 11 is 0. The fraction of sp³-hybridized carbons (Fsp3) is 0.636. The molecule has 1 saturated heterocycles. The van der Waals surface area contributed by atoms with Crippen LogP contribution in [0.2, 0.25) is 0 Å². The minimum Gasteiger partial charge on any atom is -0.355 e. The number of nitrogens with one attached hydrogen (secondary N) is 1. The number of carbonyl (C=O) groups excluding carboxylic acids is 2. The molecule has 0 bridgehead atoms. The van der Waals surface area contributed by atoms with Crippen LogP contribution in [0.25, 0.3) is 0 Å². The molecule has 1 heterocycles. The van der Waals surface area contributed by atoms with Crippen LogP contribution in [-0.2, 0) is 15.1 Å². The number of rotatable bonds is 6. The fourth-order valence-electron chi connectivity index (χ4n) is 4.89. The molecule has 2 amide bonds. The van der Waals surface area contributed by atoms with Crippen molar-refractivity contribution in [3.05, 3.63) is 35.9 Å². The summed E-state index contributed by atoms with van der Waals surface area (Å²) in [6, 6.07) is 10.7. The first-order valence-electron chi connectivity index (χ1n) is 10.2. The van der Waals surface area contributed by atoms with Crippen molar-refractivity contribution in [1.82, 2.24) is 15.1 Å². The van der Waals surface area contributed by atoms with Crippen molar-refractivity contribution in [2.75, 3.05) is 33.7 Å². The first-order chi connectivity index (χ1) is 12.9. The molecular weight excluding hydrogens is 338 g/mol. The van der Waals surface area contributed by atoms with Gasteiger partial charge in [-0.2, -0.15) is 0 Å².